The van der Waals surface area contributed by atoms with Gasteiger partial charge in [-0.05, 0) is 68.5 Å². The van der Waals surface area contributed by atoms with Crippen molar-refractivity contribution in [2.75, 3.05) is 0 Å². The van der Waals surface area contributed by atoms with E-state index in [-0.39, 0.29) is 34.5 Å². The molecule has 1 aliphatic heterocycles. The molecule has 4 heterocycles. The highest BCUT2D eigenvalue weighted by Crippen LogP contribution is 2.36. The van der Waals surface area contributed by atoms with E-state index in [0.717, 1.165) is 28.6 Å². The maximum atomic E-state index is 14.3. The van der Waals surface area contributed by atoms with Crippen LogP contribution < -0.4 is 5.56 Å². The number of fused-ring (bicyclic) bond motifs is 3. The zero-order valence-electron chi connectivity index (χ0n) is 24.5. The molecule has 0 saturated heterocycles. The van der Waals surface area contributed by atoms with E-state index in [1.807, 2.05) is 31.2 Å². The monoisotopic (exact) mass is 666 g/mol. The number of hydrogen-bond donors (Lipinski definition) is 1. The molecule has 1 amide bonds. The number of halogens is 4. The van der Waals surface area contributed by atoms with E-state index in [1.54, 1.807) is 28.5 Å². The summed E-state index contributed by atoms with van der Waals surface area (Å²) < 4.78 is 44.1. The van der Waals surface area contributed by atoms with Gasteiger partial charge in [0, 0.05) is 27.2 Å². The SMILES string of the molecule is Cc1nc[nH]c1-c1ccc(-n2c(=O)c3c(n4ncc(CC(C)C)c24)CN(C(=O)c2ccc(Br)c(C(F)(F)F)c2)[C@H](C)C3)cc1. The van der Waals surface area contributed by atoms with E-state index in [9.17, 15) is 22.8 Å². The lowest BCUT2D eigenvalue weighted by molar-refractivity contribution is -0.138. The molecule has 44 heavy (non-hydrogen) atoms. The Bertz CT molecular complexity index is 1960. The lowest BCUT2D eigenvalue weighted by Crippen LogP contribution is -2.46. The van der Waals surface area contributed by atoms with E-state index in [0.29, 0.717) is 29.0 Å². The Morgan fingerprint density at radius 2 is 1.89 bits per heavy atom. The number of benzene rings is 2. The number of nitrogens with zero attached hydrogens (tertiary/aromatic N) is 5. The zero-order chi connectivity index (χ0) is 31.5. The molecular weight excluding hydrogens is 637 g/mol. The van der Waals surface area contributed by atoms with Gasteiger partial charge in [-0.2, -0.15) is 18.3 Å². The minimum absolute atomic E-state index is 0.0279. The molecule has 0 aliphatic carbocycles. The number of carbonyl (C=O) groups excluding carboxylic acids is 1. The van der Waals surface area contributed by atoms with E-state index in [2.05, 4.69) is 44.8 Å². The molecule has 1 N–H and O–H groups in total. The summed E-state index contributed by atoms with van der Waals surface area (Å²) in [6.45, 7) is 7.92. The molecule has 1 atom stereocenters. The van der Waals surface area contributed by atoms with Gasteiger partial charge in [0.2, 0.25) is 0 Å². The van der Waals surface area contributed by atoms with E-state index in [4.69, 9.17) is 0 Å². The summed E-state index contributed by atoms with van der Waals surface area (Å²) in [6, 6.07) is 10.7. The van der Waals surface area contributed by atoms with E-state index in [1.165, 1.54) is 17.0 Å². The van der Waals surface area contributed by atoms with Crippen molar-refractivity contribution in [1.29, 1.82) is 0 Å². The van der Waals surface area contributed by atoms with Crippen LogP contribution in [0.2, 0.25) is 0 Å². The third-order valence-corrected chi connectivity index (χ3v) is 8.79. The highest BCUT2D eigenvalue weighted by molar-refractivity contribution is 9.10. The van der Waals surface area contributed by atoms with Gasteiger partial charge in [0.15, 0.2) is 0 Å². The number of H-pyrrole nitrogens is 1. The molecule has 6 rings (SSSR count). The fourth-order valence-corrected chi connectivity index (χ4v) is 6.42. The summed E-state index contributed by atoms with van der Waals surface area (Å²) in [4.78, 5) is 36.9. The summed E-state index contributed by atoms with van der Waals surface area (Å²) in [6.07, 6.45) is -0.331. The Hall–Kier alpha value is -4.19. The number of aromatic nitrogens is 5. The summed E-state index contributed by atoms with van der Waals surface area (Å²) in [5, 5.41) is 4.68. The minimum atomic E-state index is -4.62. The number of amides is 1. The Morgan fingerprint density at radius 3 is 2.52 bits per heavy atom. The van der Waals surface area contributed by atoms with Gasteiger partial charge in [-0.1, -0.05) is 41.9 Å². The molecule has 8 nitrogen and oxygen atoms in total. The zero-order valence-corrected chi connectivity index (χ0v) is 26.1. The number of hydrogen-bond acceptors (Lipinski definition) is 4. The molecule has 228 valence electrons. The van der Waals surface area contributed by atoms with Crippen LogP contribution in [-0.2, 0) is 25.6 Å². The molecule has 2 aromatic carbocycles. The summed E-state index contributed by atoms with van der Waals surface area (Å²) in [5.41, 5.74) is 4.75. The van der Waals surface area contributed by atoms with Gasteiger partial charge in [-0.15, -0.1) is 0 Å². The number of aryl methyl sites for hydroxylation is 1. The lowest BCUT2D eigenvalue weighted by Gasteiger charge is -2.35. The van der Waals surface area contributed by atoms with Crippen molar-refractivity contribution in [2.24, 2.45) is 5.92 Å². The third kappa shape index (κ3) is 5.14. The van der Waals surface area contributed by atoms with Gasteiger partial charge < -0.3 is 9.88 Å². The van der Waals surface area contributed by atoms with Gasteiger partial charge in [-0.25, -0.2) is 9.50 Å². The van der Waals surface area contributed by atoms with Crippen molar-refractivity contribution in [3.63, 3.8) is 0 Å². The van der Waals surface area contributed by atoms with Crippen LogP contribution in [0.25, 0.3) is 22.6 Å². The molecule has 0 unspecified atom stereocenters. The van der Waals surface area contributed by atoms with Gasteiger partial charge in [0.1, 0.15) is 5.65 Å². The first-order valence-corrected chi connectivity index (χ1v) is 15.1. The minimum Gasteiger partial charge on any atom is -0.344 e. The quantitative estimate of drug-likeness (QED) is 0.225. The first-order chi connectivity index (χ1) is 20.8. The van der Waals surface area contributed by atoms with E-state index < -0.39 is 23.7 Å². The molecule has 1 aliphatic rings. The molecular formula is C32H30BrF3N6O2. The van der Waals surface area contributed by atoms with E-state index >= 15 is 0 Å². The Morgan fingerprint density at radius 1 is 1.16 bits per heavy atom. The van der Waals surface area contributed by atoms with Gasteiger partial charge in [-0.3, -0.25) is 14.2 Å². The van der Waals surface area contributed by atoms with Crippen molar-refractivity contribution in [1.82, 2.24) is 29.0 Å². The Balaban J connectivity index is 1.46. The van der Waals surface area contributed by atoms with Gasteiger partial charge in [0.25, 0.3) is 11.5 Å². The molecule has 0 spiro atoms. The van der Waals surface area contributed by atoms with Crippen molar-refractivity contribution < 1.29 is 18.0 Å². The molecule has 0 radical (unpaired) electrons. The lowest BCUT2D eigenvalue weighted by atomic mass is 9.97. The summed E-state index contributed by atoms with van der Waals surface area (Å²) in [7, 11) is 0. The number of nitrogens with one attached hydrogen (secondary N) is 1. The molecule has 0 bridgehead atoms. The Labute approximate surface area is 259 Å². The van der Waals surface area contributed by atoms with Crippen LogP contribution in [0.3, 0.4) is 0 Å². The average Bonchev–Trinajstić information content (AvgIpc) is 3.58. The predicted molar refractivity (Wildman–Crippen MR) is 164 cm³/mol. The van der Waals surface area contributed by atoms with Crippen LogP contribution in [0.1, 0.15) is 59.2 Å². The number of imidazole rings is 1. The maximum absolute atomic E-state index is 14.3. The van der Waals surface area contributed by atoms with Crippen LogP contribution in [-0.4, -0.2) is 41.0 Å². The second kappa shape index (κ2) is 11.1. The smallest absolute Gasteiger partial charge is 0.344 e. The topological polar surface area (TPSA) is 88.3 Å². The fourth-order valence-electron chi connectivity index (χ4n) is 5.95. The van der Waals surface area contributed by atoms with Crippen molar-refractivity contribution in [2.45, 2.75) is 59.3 Å². The van der Waals surface area contributed by atoms with Crippen LogP contribution >= 0.6 is 15.9 Å². The molecule has 12 heteroatoms. The van der Waals surface area contributed by atoms with Crippen molar-refractivity contribution >= 4 is 27.5 Å². The van der Waals surface area contributed by atoms with Crippen LogP contribution in [0.4, 0.5) is 13.2 Å². The number of alkyl halides is 3. The number of rotatable bonds is 5. The highest BCUT2D eigenvalue weighted by atomic mass is 79.9. The average molecular weight is 668 g/mol. The van der Waals surface area contributed by atoms with Crippen molar-refractivity contribution in [3.8, 4) is 16.9 Å². The molecule has 0 fully saturated rings. The fraction of sp³-hybridized carbons (Fsp3) is 0.312. The third-order valence-electron chi connectivity index (χ3n) is 8.10. The predicted octanol–water partition coefficient (Wildman–Crippen LogP) is 6.75. The normalized spacial score (nSPS) is 15.3. The molecule has 3 aromatic heterocycles. The van der Waals surface area contributed by atoms with Gasteiger partial charge in [0.05, 0.1) is 47.4 Å². The maximum Gasteiger partial charge on any atom is 0.417 e. The van der Waals surface area contributed by atoms with Crippen LogP contribution in [0.15, 0.2) is 64.3 Å². The molecule has 5 aromatic rings. The highest BCUT2D eigenvalue weighted by Gasteiger charge is 2.36. The summed E-state index contributed by atoms with van der Waals surface area (Å²) >= 11 is 2.94. The summed E-state index contributed by atoms with van der Waals surface area (Å²) in [5.74, 6) is -0.260. The first-order valence-electron chi connectivity index (χ1n) is 14.3. The Kier molecular flexibility index (Phi) is 7.51. The largest absolute Gasteiger partial charge is 0.417 e. The number of carbonyl (C=O) groups is 1. The van der Waals surface area contributed by atoms with Crippen LogP contribution in [0.5, 0.6) is 0 Å². The first kappa shape index (κ1) is 29.9. The molecule has 0 saturated carbocycles. The standard InChI is InChI=1S/C32H30BrF3N6O2/c1-17(2)11-22-14-39-42-27-15-40(30(43)21-7-10-26(33)25(13-21)32(34,35)36)18(3)12-24(27)31(44)41(29(22)42)23-8-5-20(6-9-23)28-19(4)37-16-38-28/h5-10,13-14,16-18H,11-12,15H2,1-4H3,(H,37,38)/t18-/m1/s1. The van der Waals surface area contributed by atoms with Crippen LogP contribution in [0, 0.1) is 12.8 Å². The second-order valence-electron chi connectivity index (χ2n) is 11.7. The van der Waals surface area contributed by atoms with Gasteiger partial charge >= 0.3 is 6.18 Å². The number of aromatic amines is 1. The second-order valence-corrected chi connectivity index (χ2v) is 12.5. The van der Waals surface area contributed by atoms with Crippen molar-refractivity contribution in [3.05, 3.63) is 103 Å².